The molecule has 0 aliphatic heterocycles. The van der Waals surface area contributed by atoms with E-state index in [4.69, 9.17) is 40.1 Å². The third-order valence-electron chi connectivity index (χ3n) is 2.37. The zero-order chi connectivity index (χ0) is 14.7. The van der Waals surface area contributed by atoms with Crippen molar-refractivity contribution < 1.29 is 4.79 Å². The molecule has 0 saturated heterocycles. The summed E-state index contributed by atoms with van der Waals surface area (Å²) in [4.78, 5) is 15.9. The van der Waals surface area contributed by atoms with Crippen molar-refractivity contribution in [2.75, 3.05) is 5.32 Å². The summed E-state index contributed by atoms with van der Waals surface area (Å²) in [6.45, 7) is 0. The Labute approximate surface area is 129 Å². The Bertz CT molecular complexity index is 725. The minimum Gasteiger partial charge on any atom is -0.319 e. The SMILES string of the molecule is N#Cc1ccc(NC(=O)c2nc(Cl)ccc2Cl)c(Cl)c1. The van der Waals surface area contributed by atoms with E-state index in [0.717, 1.165) is 0 Å². The van der Waals surface area contributed by atoms with Crippen LogP contribution in [-0.4, -0.2) is 10.9 Å². The number of rotatable bonds is 2. The highest BCUT2D eigenvalue weighted by Crippen LogP contribution is 2.24. The Kier molecular flexibility index (Phi) is 4.46. The van der Waals surface area contributed by atoms with Gasteiger partial charge in [-0.1, -0.05) is 34.8 Å². The summed E-state index contributed by atoms with van der Waals surface area (Å²) < 4.78 is 0. The minimum atomic E-state index is -0.538. The van der Waals surface area contributed by atoms with Crippen molar-refractivity contribution >= 4 is 46.4 Å². The average Bonchev–Trinajstić information content (AvgIpc) is 2.43. The summed E-state index contributed by atoms with van der Waals surface area (Å²) in [5.41, 5.74) is 0.750. The molecule has 0 fully saturated rings. The second-order valence-corrected chi connectivity index (χ2v) is 4.93. The predicted octanol–water partition coefficient (Wildman–Crippen LogP) is 4.17. The van der Waals surface area contributed by atoms with Gasteiger partial charge in [-0.2, -0.15) is 5.26 Å². The lowest BCUT2D eigenvalue weighted by molar-refractivity contribution is 0.102. The third kappa shape index (κ3) is 3.20. The first-order chi connectivity index (χ1) is 9.51. The van der Waals surface area contributed by atoms with Crippen LogP contribution in [0.2, 0.25) is 15.2 Å². The van der Waals surface area contributed by atoms with E-state index in [1.807, 2.05) is 6.07 Å². The summed E-state index contributed by atoms with van der Waals surface area (Å²) in [6.07, 6.45) is 0. The Morgan fingerprint density at radius 2 is 1.90 bits per heavy atom. The van der Waals surface area contributed by atoms with E-state index < -0.39 is 5.91 Å². The molecule has 4 nitrogen and oxygen atoms in total. The molecule has 1 amide bonds. The van der Waals surface area contributed by atoms with Crippen LogP contribution < -0.4 is 5.32 Å². The van der Waals surface area contributed by atoms with E-state index in [2.05, 4.69) is 10.3 Å². The molecule has 0 spiro atoms. The fourth-order valence-corrected chi connectivity index (χ4v) is 2.01. The largest absolute Gasteiger partial charge is 0.319 e. The van der Waals surface area contributed by atoms with Crippen LogP contribution >= 0.6 is 34.8 Å². The zero-order valence-electron chi connectivity index (χ0n) is 9.82. The molecule has 1 aromatic heterocycles. The molecular formula is C13H6Cl3N3O. The van der Waals surface area contributed by atoms with Gasteiger partial charge in [0.15, 0.2) is 0 Å². The van der Waals surface area contributed by atoms with E-state index >= 15 is 0 Å². The van der Waals surface area contributed by atoms with Crippen molar-refractivity contribution in [2.24, 2.45) is 0 Å². The summed E-state index contributed by atoms with van der Waals surface area (Å²) in [5, 5.41) is 11.9. The van der Waals surface area contributed by atoms with Gasteiger partial charge in [-0.25, -0.2) is 4.98 Å². The maximum Gasteiger partial charge on any atom is 0.275 e. The molecule has 2 rings (SSSR count). The second-order valence-electron chi connectivity index (χ2n) is 3.72. The maximum atomic E-state index is 12.1. The number of amides is 1. The first-order valence-corrected chi connectivity index (χ1v) is 6.47. The molecule has 0 bridgehead atoms. The minimum absolute atomic E-state index is 0.000377. The molecule has 0 aliphatic rings. The zero-order valence-corrected chi connectivity index (χ0v) is 12.1. The van der Waals surface area contributed by atoms with Crippen LogP contribution in [0.5, 0.6) is 0 Å². The van der Waals surface area contributed by atoms with Crippen LogP contribution in [0.4, 0.5) is 5.69 Å². The lowest BCUT2D eigenvalue weighted by Crippen LogP contribution is -2.14. The van der Waals surface area contributed by atoms with E-state index in [1.54, 1.807) is 0 Å². The van der Waals surface area contributed by atoms with Crippen molar-refractivity contribution in [3.05, 3.63) is 56.8 Å². The van der Waals surface area contributed by atoms with Crippen LogP contribution in [-0.2, 0) is 0 Å². The first kappa shape index (κ1) is 14.6. The average molecular weight is 327 g/mol. The smallest absolute Gasteiger partial charge is 0.275 e. The van der Waals surface area contributed by atoms with E-state index in [0.29, 0.717) is 11.3 Å². The van der Waals surface area contributed by atoms with Crippen molar-refractivity contribution in [3.63, 3.8) is 0 Å². The van der Waals surface area contributed by atoms with E-state index in [-0.39, 0.29) is 20.9 Å². The van der Waals surface area contributed by atoms with Gasteiger partial charge in [0.25, 0.3) is 5.91 Å². The van der Waals surface area contributed by atoms with Crippen molar-refractivity contribution in [2.45, 2.75) is 0 Å². The number of pyridine rings is 1. The Morgan fingerprint density at radius 3 is 2.55 bits per heavy atom. The summed E-state index contributed by atoms with van der Waals surface area (Å²) >= 11 is 17.6. The molecule has 2 aromatic rings. The molecule has 100 valence electrons. The van der Waals surface area contributed by atoms with Gasteiger partial charge in [0.2, 0.25) is 0 Å². The molecule has 1 N–H and O–H groups in total. The fourth-order valence-electron chi connectivity index (χ4n) is 1.45. The van der Waals surface area contributed by atoms with Crippen molar-refractivity contribution in [3.8, 4) is 6.07 Å². The molecule has 0 aliphatic carbocycles. The van der Waals surface area contributed by atoms with Gasteiger partial charge < -0.3 is 5.32 Å². The fraction of sp³-hybridized carbons (Fsp3) is 0. The van der Waals surface area contributed by atoms with Gasteiger partial charge in [0.05, 0.1) is 27.4 Å². The van der Waals surface area contributed by atoms with Gasteiger partial charge in [0, 0.05) is 0 Å². The van der Waals surface area contributed by atoms with Crippen molar-refractivity contribution in [1.82, 2.24) is 4.98 Å². The number of carbonyl (C=O) groups is 1. The molecule has 0 saturated carbocycles. The topological polar surface area (TPSA) is 65.8 Å². The van der Waals surface area contributed by atoms with Gasteiger partial charge in [0.1, 0.15) is 10.8 Å². The number of halogens is 3. The quantitative estimate of drug-likeness (QED) is 0.842. The highest BCUT2D eigenvalue weighted by Gasteiger charge is 2.14. The Balaban J connectivity index is 2.28. The summed E-state index contributed by atoms with van der Waals surface area (Å²) in [7, 11) is 0. The van der Waals surface area contributed by atoms with Crippen LogP contribution in [0.1, 0.15) is 16.1 Å². The van der Waals surface area contributed by atoms with Crippen LogP contribution in [0.3, 0.4) is 0 Å². The number of carbonyl (C=O) groups excluding carboxylic acids is 1. The molecular weight excluding hydrogens is 321 g/mol. The highest BCUT2D eigenvalue weighted by molar-refractivity contribution is 6.36. The van der Waals surface area contributed by atoms with Gasteiger partial charge in [-0.15, -0.1) is 0 Å². The summed E-state index contributed by atoms with van der Waals surface area (Å²) in [6, 6.07) is 9.42. The maximum absolute atomic E-state index is 12.1. The number of anilines is 1. The third-order valence-corrected chi connectivity index (χ3v) is 3.20. The van der Waals surface area contributed by atoms with Crippen LogP contribution in [0.25, 0.3) is 0 Å². The van der Waals surface area contributed by atoms with E-state index in [1.165, 1.54) is 30.3 Å². The number of hydrogen-bond acceptors (Lipinski definition) is 3. The molecule has 0 unspecified atom stereocenters. The van der Waals surface area contributed by atoms with Crippen LogP contribution in [0.15, 0.2) is 30.3 Å². The summed E-state index contributed by atoms with van der Waals surface area (Å²) in [5.74, 6) is -0.538. The van der Waals surface area contributed by atoms with Crippen molar-refractivity contribution in [1.29, 1.82) is 5.26 Å². The molecule has 0 atom stereocenters. The van der Waals surface area contributed by atoms with E-state index in [9.17, 15) is 4.79 Å². The number of hydrogen-bond donors (Lipinski definition) is 1. The lowest BCUT2D eigenvalue weighted by Gasteiger charge is -2.08. The molecule has 1 aromatic carbocycles. The number of nitriles is 1. The molecule has 1 heterocycles. The molecule has 0 radical (unpaired) electrons. The Morgan fingerprint density at radius 1 is 1.15 bits per heavy atom. The number of benzene rings is 1. The highest BCUT2D eigenvalue weighted by atomic mass is 35.5. The van der Waals surface area contributed by atoms with Gasteiger partial charge in [-0.3, -0.25) is 4.79 Å². The normalized spacial score (nSPS) is 9.90. The second kappa shape index (κ2) is 6.10. The first-order valence-electron chi connectivity index (χ1n) is 5.34. The molecule has 20 heavy (non-hydrogen) atoms. The monoisotopic (exact) mass is 325 g/mol. The van der Waals surface area contributed by atoms with Crippen LogP contribution in [0, 0.1) is 11.3 Å². The lowest BCUT2D eigenvalue weighted by atomic mass is 10.2. The number of nitrogens with one attached hydrogen (secondary N) is 1. The number of aromatic nitrogens is 1. The molecule has 7 heteroatoms. The predicted molar refractivity (Wildman–Crippen MR) is 78.4 cm³/mol. The standard InChI is InChI=1S/C13H6Cl3N3O/c14-8-2-4-11(16)19-12(8)13(20)18-10-3-1-7(6-17)5-9(10)15/h1-5H,(H,18,20). The number of nitrogens with zero attached hydrogens (tertiary/aromatic N) is 2. The van der Waals surface area contributed by atoms with Gasteiger partial charge in [-0.05, 0) is 30.3 Å². The van der Waals surface area contributed by atoms with Gasteiger partial charge >= 0.3 is 0 Å². The Hall–Kier alpha value is -1.80.